The van der Waals surface area contributed by atoms with Crippen LogP contribution in [0.3, 0.4) is 0 Å². The van der Waals surface area contributed by atoms with Gasteiger partial charge in [0.1, 0.15) is 6.10 Å². The first-order chi connectivity index (χ1) is 9.16. The smallest absolute Gasteiger partial charge is 0.251 e. The van der Waals surface area contributed by atoms with E-state index in [1.165, 1.54) is 6.42 Å². The van der Waals surface area contributed by atoms with Crippen LogP contribution in [-0.4, -0.2) is 41.1 Å². The van der Waals surface area contributed by atoms with Crippen LogP contribution in [-0.2, 0) is 4.79 Å². The second-order valence-corrected chi connectivity index (χ2v) is 6.76. The van der Waals surface area contributed by atoms with Crippen molar-refractivity contribution in [3.05, 3.63) is 0 Å². The summed E-state index contributed by atoms with van der Waals surface area (Å²) in [6.45, 7) is 1.53. The summed E-state index contributed by atoms with van der Waals surface area (Å²) in [4.78, 5) is 14.4. The SMILES string of the molecule is NC1[C@@H]2CC[C@H]1CN(C(=O)[C@H](O)C1CCCCC1)C2. The molecule has 3 N–H and O–H groups in total. The molecule has 1 unspecified atom stereocenters. The van der Waals surface area contributed by atoms with Crippen LogP contribution in [0.2, 0.25) is 0 Å². The van der Waals surface area contributed by atoms with E-state index in [9.17, 15) is 9.90 Å². The zero-order chi connectivity index (χ0) is 13.4. The van der Waals surface area contributed by atoms with Gasteiger partial charge in [-0.25, -0.2) is 0 Å². The number of carbonyl (C=O) groups is 1. The van der Waals surface area contributed by atoms with Crippen molar-refractivity contribution in [2.24, 2.45) is 23.5 Å². The van der Waals surface area contributed by atoms with Gasteiger partial charge in [-0.3, -0.25) is 4.79 Å². The fourth-order valence-electron chi connectivity index (χ4n) is 4.28. The van der Waals surface area contributed by atoms with Gasteiger partial charge >= 0.3 is 0 Å². The number of hydrogen-bond acceptors (Lipinski definition) is 3. The summed E-state index contributed by atoms with van der Waals surface area (Å²) in [5, 5.41) is 10.3. The van der Waals surface area contributed by atoms with Crippen LogP contribution in [0, 0.1) is 17.8 Å². The Morgan fingerprint density at radius 2 is 1.63 bits per heavy atom. The summed E-state index contributed by atoms with van der Waals surface area (Å²) in [7, 11) is 0. The molecule has 2 saturated carbocycles. The molecule has 0 aromatic heterocycles. The molecule has 0 aromatic carbocycles. The summed E-state index contributed by atoms with van der Waals surface area (Å²) in [5.41, 5.74) is 6.17. The third-order valence-corrected chi connectivity index (χ3v) is 5.57. The summed E-state index contributed by atoms with van der Waals surface area (Å²) < 4.78 is 0. The molecule has 0 aromatic rings. The summed E-state index contributed by atoms with van der Waals surface area (Å²) in [6.07, 6.45) is 7.11. The number of nitrogens with zero attached hydrogens (tertiary/aromatic N) is 1. The number of hydrogen-bond donors (Lipinski definition) is 2. The number of piperidine rings is 1. The molecular weight excluding hydrogens is 240 g/mol. The van der Waals surface area contributed by atoms with Crippen molar-refractivity contribution >= 4 is 5.91 Å². The molecule has 4 atom stereocenters. The number of nitrogens with two attached hydrogens (primary N) is 1. The minimum absolute atomic E-state index is 0.0318. The van der Waals surface area contributed by atoms with Crippen LogP contribution >= 0.6 is 0 Å². The summed E-state index contributed by atoms with van der Waals surface area (Å²) >= 11 is 0. The maximum atomic E-state index is 12.5. The topological polar surface area (TPSA) is 66.6 Å². The Hall–Kier alpha value is -0.610. The standard InChI is InChI=1S/C15H26N2O2/c16-13-11-6-7-12(13)9-17(8-11)15(19)14(18)10-4-2-1-3-5-10/h10-14,18H,1-9,16H2/t11-,12+,13?,14-/m1/s1. The Morgan fingerprint density at radius 1 is 1.05 bits per heavy atom. The van der Waals surface area contributed by atoms with Gasteiger partial charge in [0.15, 0.2) is 0 Å². The van der Waals surface area contributed by atoms with Crippen LogP contribution in [0.5, 0.6) is 0 Å². The number of likely N-dealkylation sites (tertiary alicyclic amines) is 1. The van der Waals surface area contributed by atoms with Crippen molar-refractivity contribution in [2.75, 3.05) is 13.1 Å². The molecule has 2 aliphatic carbocycles. The number of amides is 1. The molecule has 4 nitrogen and oxygen atoms in total. The minimum Gasteiger partial charge on any atom is -0.383 e. The van der Waals surface area contributed by atoms with Gasteiger partial charge in [-0.05, 0) is 43.4 Å². The van der Waals surface area contributed by atoms with Crippen molar-refractivity contribution in [1.29, 1.82) is 0 Å². The van der Waals surface area contributed by atoms with Crippen molar-refractivity contribution in [3.63, 3.8) is 0 Å². The van der Waals surface area contributed by atoms with E-state index in [1.807, 2.05) is 4.90 Å². The van der Waals surface area contributed by atoms with Gasteiger partial charge in [0, 0.05) is 19.1 Å². The monoisotopic (exact) mass is 266 g/mol. The fourth-order valence-corrected chi connectivity index (χ4v) is 4.28. The molecule has 2 bridgehead atoms. The lowest BCUT2D eigenvalue weighted by Gasteiger charge is -2.38. The molecule has 3 fully saturated rings. The van der Waals surface area contributed by atoms with E-state index in [1.54, 1.807) is 0 Å². The average molecular weight is 266 g/mol. The van der Waals surface area contributed by atoms with Crippen molar-refractivity contribution in [1.82, 2.24) is 4.90 Å². The highest BCUT2D eigenvalue weighted by Crippen LogP contribution is 2.36. The fraction of sp³-hybridized carbons (Fsp3) is 0.933. The highest BCUT2D eigenvalue weighted by Gasteiger charge is 2.43. The molecule has 0 radical (unpaired) electrons. The Bertz CT molecular complexity index is 327. The number of aliphatic hydroxyl groups is 1. The maximum absolute atomic E-state index is 12.5. The highest BCUT2D eigenvalue weighted by molar-refractivity contribution is 5.81. The van der Waals surface area contributed by atoms with Crippen LogP contribution in [0.25, 0.3) is 0 Å². The lowest BCUT2D eigenvalue weighted by atomic mass is 9.84. The largest absolute Gasteiger partial charge is 0.383 e. The molecule has 1 aliphatic heterocycles. The van der Waals surface area contributed by atoms with Gasteiger partial charge in [0.05, 0.1) is 0 Å². The molecule has 0 spiro atoms. The number of fused-ring (bicyclic) bond motifs is 2. The number of aliphatic hydroxyl groups excluding tert-OH is 1. The quantitative estimate of drug-likeness (QED) is 0.787. The van der Waals surface area contributed by atoms with E-state index in [0.717, 1.165) is 51.6 Å². The summed E-state index contributed by atoms with van der Waals surface area (Å²) in [6, 6.07) is 0.274. The number of carbonyl (C=O) groups excluding carboxylic acids is 1. The first kappa shape index (κ1) is 13.4. The maximum Gasteiger partial charge on any atom is 0.251 e. The van der Waals surface area contributed by atoms with Gasteiger partial charge in [0.2, 0.25) is 0 Å². The third kappa shape index (κ3) is 2.52. The minimum atomic E-state index is -0.769. The van der Waals surface area contributed by atoms with E-state index in [-0.39, 0.29) is 17.9 Å². The van der Waals surface area contributed by atoms with Crippen molar-refractivity contribution in [3.8, 4) is 0 Å². The van der Waals surface area contributed by atoms with E-state index in [0.29, 0.717) is 11.8 Å². The third-order valence-electron chi connectivity index (χ3n) is 5.57. The highest BCUT2D eigenvalue weighted by atomic mass is 16.3. The molecule has 4 heteroatoms. The first-order valence-electron chi connectivity index (χ1n) is 7.89. The molecule has 19 heavy (non-hydrogen) atoms. The van der Waals surface area contributed by atoms with Gasteiger partial charge in [-0.15, -0.1) is 0 Å². The second-order valence-electron chi connectivity index (χ2n) is 6.76. The second kappa shape index (κ2) is 5.41. The molecule has 108 valence electrons. The Balaban J connectivity index is 1.61. The molecule has 3 rings (SSSR count). The van der Waals surface area contributed by atoms with E-state index in [2.05, 4.69) is 0 Å². The van der Waals surface area contributed by atoms with Gasteiger partial charge in [0.25, 0.3) is 5.91 Å². The van der Waals surface area contributed by atoms with E-state index in [4.69, 9.17) is 5.73 Å². The number of rotatable bonds is 2. The lowest BCUT2D eigenvalue weighted by Crippen LogP contribution is -2.54. The molecule has 1 amide bonds. The van der Waals surface area contributed by atoms with Crippen LogP contribution in [0.1, 0.15) is 44.9 Å². The van der Waals surface area contributed by atoms with Gasteiger partial charge in [-0.1, -0.05) is 19.3 Å². The lowest BCUT2D eigenvalue weighted by molar-refractivity contribution is -0.146. The predicted octanol–water partition coefficient (Wildman–Crippen LogP) is 1.12. The van der Waals surface area contributed by atoms with Crippen molar-refractivity contribution < 1.29 is 9.90 Å². The van der Waals surface area contributed by atoms with Gasteiger partial charge < -0.3 is 15.7 Å². The predicted molar refractivity (Wildman–Crippen MR) is 73.4 cm³/mol. The van der Waals surface area contributed by atoms with Crippen LogP contribution in [0.4, 0.5) is 0 Å². The Morgan fingerprint density at radius 3 is 2.21 bits per heavy atom. The normalized spacial score (nSPS) is 37.4. The Kier molecular flexibility index (Phi) is 3.81. The van der Waals surface area contributed by atoms with Crippen LogP contribution < -0.4 is 5.73 Å². The van der Waals surface area contributed by atoms with E-state index < -0.39 is 6.10 Å². The molecule has 1 heterocycles. The van der Waals surface area contributed by atoms with Crippen LogP contribution in [0.15, 0.2) is 0 Å². The average Bonchev–Trinajstić information content (AvgIpc) is 2.68. The summed E-state index contributed by atoms with van der Waals surface area (Å²) in [5.74, 6) is 1.08. The molecule has 3 aliphatic rings. The van der Waals surface area contributed by atoms with Gasteiger partial charge in [-0.2, -0.15) is 0 Å². The zero-order valence-corrected chi connectivity index (χ0v) is 11.6. The molecule has 1 saturated heterocycles. The Labute approximate surface area is 115 Å². The van der Waals surface area contributed by atoms with Crippen molar-refractivity contribution in [2.45, 2.75) is 57.1 Å². The first-order valence-corrected chi connectivity index (χ1v) is 7.89. The van der Waals surface area contributed by atoms with E-state index >= 15 is 0 Å². The molecular formula is C15H26N2O2. The zero-order valence-electron chi connectivity index (χ0n) is 11.6.